The van der Waals surface area contributed by atoms with Crippen LogP contribution in [0.1, 0.15) is 44.6 Å². The number of halogens is 1. The maximum atomic E-state index is 13.7. The number of aromatic nitrogens is 3. The summed E-state index contributed by atoms with van der Waals surface area (Å²) < 4.78 is 20.1. The molecule has 0 radical (unpaired) electrons. The number of nitrogens with one attached hydrogen (secondary N) is 1. The Balaban J connectivity index is 1.71. The number of anilines is 1. The van der Waals surface area contributed by atoms with Crippen LogP contribution in [0.5, 0.6) is 0 Å². The first kappa shape index (κ1) is 18.3. The number of oxazole rings is 1. The number of nitrogens with zero attached hydrogens (tertiary/aromatic N) is 3. The Morgan fingerprint density at radius 3 is 2.86 bits per heavy atom. The van der Waals surface area contributed by atoms with Crippen LogP contribution in [0.3, 0.4) is 0 Å². The van der Waals surface area contributed by atoms with Crippen molar-refractivity contribution >= 4 is 22.8 Å². The van der Waals surface area contributed by atoms with Gasteiger partial charge in [0.25, 0.3) is 11.5 Å². The van der Waals surface area contributed by atoms with Crippen molar-refractivity contribution in [3.05, 3.63) is 53.2 Å². The van der Waals surface area contributed by atoms with E-state index in [-0.39, 0.29) is 11.4 Å². The maximum absolute atomic E-state index is 13.7. The highest BCUT2D eigenvalue weighted by molar-refractivity contribution is 5.92. The summed E-state index contributed by atoms with van der Waals surface area (Å²) in [6.07, 6.45) is 10.1. The first-order valence-electron chi connectivity index (χ1n) is 9.48. The van der Waals surface area contributed by atoms with Crippen LogP contribution in [-0.2, 0) is 4.79 Å². The Hall–Kier alpha value is -3.03. The van der Waals surface area contributed by atoms with E-state index < -0.39 is 23.3 Å². The zero-order chi connectivity index (χ0) is 19.5. The quantitative estimate of drug-likeness (QED) is 0.725. The van der Waals surface area contributed by atoms with Gasteiger partial charge in [0.1, 0.15) is 18.1 Å². The van der Waals surface area contributed by atoms with E-state index in [9.17, 15) is 14.0 Å². The van der Waals surface area contributed by atoms with Gasteiger partial charge in [-0.3, -0.25) is 19.5 Å². The van der Waals surface area contributed by atoms with Crippen molar-refractivity contribution in [2.75, 3.05) is 5.32 Å². The molecule has 7 nitrogen and oxygen atoms in total. The van der Waals surface area contributed by atoms with Crippen LogP contribution in [0.15, 0.2) is 46.2 Å². The van der Waals surface area contributed by atoms with Crippen LogP contribution < -0.4 is 10.9 Å². The maximum Gasteiger partial charge on any atom is 0.301 e. The van der Waals surface area contributed by atoms with Gasteiger partial charge < -0.3 is 4.42 Å². The molecule has 1 amide bonds. The van der Waals surface area contributed by atoms with Crippen LogP contribution in [0.25, 0.3) is 10.9 Å². The summed E-state index contributed by atoms with van der Waals surface area (Å²) in [6, 6.07) is 3.17. The summed E-state index contributed by atoms with van der Waals surface area (Å²) >= 11 is 0. The summed E-state index contributed by atoms with van der Waals surface area (Å²) in [5, 5.41) is 2.77. The van der Waals surface area contributed by atoms with Gasteiger partial charge in [0.15, 0.2) is 0 Å². The smallest absolute Gasteiger partial charge is 0.301 e. The van der Waals surface area contributed by atoms with Gasteiger partial charge in [0.05, 0.1) is 23.4 Å². The minimum Gasteiger partial charge on any atom is -0.432 e. The molecule has 1 saturated carbocycles. The van der Waals surface area contributed by atoms with Gasteiger partial charge in [-0.2, -0.15) is 0 Å². The summed E-state index contributed by atoms with van der Waals surface area (Å²) in [7, 11) is 0. The molecule has 8 heteroatoms. The van der Waals surface area contributed by atoms with Gasteiger partial charge >= 0.3 is 6.01 Å². The molecule has 2 heterocycles. The van der Waals surface area contributed by atoms with Crippen molar-refractivity contribution in [3.63, 3.8) is 0 Å². The molecule has 1 fully saturated rings. The predicted octanol–water partition coefficient (Wildman–Crippen LogP) is 3.67. The average molecular weight is 384 g/mol. The number of carbonyl (C=O) groups is 1. The predicted molar refractivity (Wildman–Crippen MR) is 101 cm³/mol. The zero-order valence-corrected chi connectivity index (χ0v) is 15.3. The molecule has 1 unspecified atom stereocenters. The number of fused-ring (bicyclic) bond motifs is 1. The third-order valence-electron chi connectivity index (χ3n) is 5.33. The van der Waals surface area contributed by atoms with E-state index in [1.807, 2.05) is 0 Å². The third kappa shape index (κ3) is 3.81. The normalized spacial score (nSPS) is 16.2. The molecule has 28 heavy (non-hydrogen) atoms. The number of benzene rings is 1. The van der Waals surface area contributed by atoms with Crippen LogP contribution >= 0.6 is 0 Å². The van der Waals surface area contributed by atoms with E-state index in [4.69, 9.17) is 4.42 Å². The van der Waals surface area contributed by atoms with Gasteiger partial charge in [0, 0.05) is 0 Å². The molecule has 0 saturated heterocycles. The topological polar surface area (TPSA) is 90.0 Å². The molecule has 0 spiro atoms. The van der Waals surface area contributed by atoms with E-state index in [1.165, 1.54) is 41.9 Å². The van der Waals surface area contributed by atoms with E-state index in [1.54, 1.807) is 0 Å². The Kier molecular flexibility index (Phi) is 5.18. The zero-order valence-electron chi connectivity index (χ0n) is 15.3. The van der Waals surface area contributed by atoms with E-state index in [0.717, 1.165) is 31.7 Å². The van der Waals surface area contributed by atoms with Gasteiger partial charge in [-0.05, 0) is 30.5 Å². The first-order chi connectivity index (χ1) is 13.6. The molecule has 1 aliphatic rings. The molecule has 1 aliphatic carbocycles. The van der Waals surface area contributed by atoms with Crippen LogP contribution in [0.4, 0.5) is 10.4 Å². The lowest BCUT2D eigenvalue weighted by Gasteiger charge is -2.26. The summed E-state index contributed by atoms with van der Waals surface area (Å²) in [4.78, 5) is 34.1. The largest absolute Gasteiger partial charge is 0.432 e. The SMILES string of the molecule is O=C(Nc1ncco1)C(CC1CCCCC1)n1cnc2ccc(F)cc2c1=O. The summed E-state index contributed by atoms with van der Waals surface area (Å²) in [6.45, 7) is 0. The highest BCUT2D eigenvalue weighted by Gasteiger charge is 2.28. The van der Waals surface area contributed by atoms with Gasteiger partial charge in [-0.25, -0.2) is 14.4 Å². The Labute approximate surface area is 160 Å². The number of rotatable bonds is 5. The molecule has 0 bridgehead atoms. The fourth-order valence-corrected chi connectivity index (χ4v) is 3.89. The minimum absolute atomic E-state index is 0.0754. The average Bonchev–Trinajstić information content (AvgIpc) is 3.21. The van der Waals surface area contributed by atoms with Crippen molar-refractivity contribution in [2.45, 2.75) is 44.6 Å². The number of amides is 1. The van der Waals surface area contributed by atoms with Gasteiger partial charge in [-0.1, -0.05) is 32.1 Å². The molecule has 0 aliphatic heterocycles. The van der Waals surface area contributed by atoms with Crippen LogP contribution in [0, 0.1) is 11.7 Å². The highest BCUT2D eigenvalue weighted by atomic mass is 19.1. The molecular weight excluding hydrogens is 363 g/mol. The second-order valence-electron chi connectivity index (χ2n) is 7.20. The second kappa shape index (κ2) is 7.92. The summed E-state index contributed by atoms with van der Waals surface area (Å²) in [5.41, 5.74) is -0.0416. The van der Waals surface area contributed by atoms with Crippen molar-refractivity contribution in [1.29, 1.82) is 0 Å². The Morgan fingerprint density at radius 1 is 1.29 bits per heavy atom. The molecule has 2 aromatic heterocycles. The standard InChI is InChI=1S/C20H21FN4O3/c21-14-6-7-16-15(11-14)19(27)25(12-23-16)17(10-13-4-2-1-3-5-13)18(26)24-20-22-8-9-28-20/h6-9,11-13,17H,1-5,10H2,(H,22,24,26). The number of hydrogen-bond acceptors (Lipinski definition) is 5. The van der Waals surface area contributed by atoms with E-state index in [0.29, 0.717) is 17.9 Å². The second-order valence-corrected chi connectivity index (χ2v) is 7.20. The fourth-order valence-electron chi connectivity index (χ4n) is 3.89. The number of carbonyl (C=O) groups excluding carboxylic acids is 1. The van der Waals surface area contributed by atoms with Gasteiger partial charge in [0.2, 0.25) is 0 Å². The Bertz CT molecular complexity index is 1030. The number of hydrogen-bond donors (Lipinski definition) is 1. The van der Waals surface area contributed by atoms with Crippen molar-refractivity contribution in [3.8, 4) is 0 Å². The fraction of sp³-hybridized carbons (Fsp3) is 0.400. The van der Waals surface area contributed by atoms with E-state index in [2.05, 4.69) is 15.3 Å². The van der Waals surface area contributed by atoms with Crippen LogP contribution in [-0.4, -0.2) is 20.4 Å². The van der Waals surface area contributed by atoms with E-state index >= 15 is 0 Å². The van der Waals surface area contributed by atoms with Gasteiger partial charge in [-0.15, -0.1) is 0 Å². The minimum atomic E-state index is -0.775. The molecule has 1 N–H and O–H groups in total. The van der Waals surface area contributed by atoms with Crippen molar-refractivity contribution in [2.24, 2.45) is 5.92 Å². The molecular formula is C20H21FN4O3. The monoisotopic (exact) mass is 384 g/mol. The third-order valence-corrected chi connectivity index (χ3v) is 5.33. The first-order valence-corrected chi connectivity index (χ1v) is 9.48. The molecule has 1 aromatic carbocycles. The highest BCUT2D eigenvalue weighted by Crippen LogP contribution is 2.31. The molecule has 146 valence electrons. The van der Waals surface area contributed by atoms with Crippen molar-refractivity contribution in [1.82, 2.24) is 14.5 Å². The lowest BCUT2D eigenvalue weighted by Crippen LogP contribution is -2.35. The van der Waals surface area contributed by atoms with Crippen molar-refractivity contribution < 1.29 is 13.6 Å². The van der Waals surface area contributed by atoms with Crippen LogP contribution in [0.2, 0.25) is 0 Å². The molecule has 4 rings (SSSR count). The Morgan fingerprint density at radius 2 is 2.11 bits per heavy atom. The lowest BCUT2D eigenvalue weighted by atomic mass is 9.84. The molecule has 1 atom stereocenters. The summed E-state index contributed by atoms with van der Waals surface area (Å²) in [5.74, 6) is -0.575. The molecule has 3 aromatic rings. The lowest BCUT2D eigenvalue weighted by molar-refractivity contribution is -0.120.